The number of likely N-dealkylation sites (tertiary alicyclic amines) is 1. The van der Waals surface area contributed by atoms with Crippen molar-refractivity contribution < 1.29 is 6.22 Å². The largest absolute Gasteiger partial charge is 0.353 e. The Morgan fingerprint density at radius 2 is 1.63 bits per heavy atom. The number of nitrogens with zero attached hydrogens (tertiary/aromatic N) is 4. The van der Waals surface area contributed by atoms with Crippen molar-refractivity contribution in [1.29, 1.82) is 0 Å². The molecule has 9 heteroatoms. The van der Waals surface area contributed by atoms with E-state index in [-0.39, 0.29) is 7.33 Å². The van der Waals surface area contributed by atoms with Gasteiger partial charge in [0.15, 0.2) is 0 Å². The summed E-state index contributed by atoms with van der Waals surface area (Å²) < 4.78 is 0. The molecule has 202 valence electrons. The molecule has 2 aliphatic heterocycles. The maximum atomic E-state index is 12.6. The van der Waals surface area contributed by atoms with Gasteiger partial charge in [0, 0.05) is 63.0 Å². The van der Waals surface area contributed by atoms with Crippen LogP contribution in [0.4, 0.5) is 5.82 Å². The minimum absolute atomic E-state index is 0. The number of halogens is 3. The lowest BCUT2D eigenvalue weighted by molar-refractivity contribution is 0.0950. The maximum Gasteiger partial charge on any atom is 0.253 e. The molecule has 0 bridgehead atoms. The Labute approximate surface area is 241 Å². The zero-order valence-corrected chi connectivity index (χ0v) is 23.5. The van der Waals surface area contributed by atoms with Gasteiger partial charge in [-0.2, -0.15) is 0 Å². The van der Waals surface area contributed by atoms with E-state index in [1.807, 2.05) is 36.4 Å². The fraction of sp³-hybridized carbons (Fsp3) is 0.379. The van der Waals surface area contributed by atoms with Crippen molar-refractivity contribution in [2.45, 2.75) is 32.0 Å². The van der Waals surface area contributed by atoms with Crippen molar-refractivity contribution in [3.8, 4) is 0 Å². The summed E-state index contributed by atoms with van der Waals surface area (Å²) in [7, 11) is 0. The van der Waals surface area contributed by atoms with Crippen LogP contribution in [0.15, 0.2) is 60.8 Å². The highest BCUT2D eigenvalue weighted by molar-refractivity contribution is 6.33. The Morgan fingerprint density at radius 3 is 2.32 bits per heavy atom. The predicted octanol–water partition coefficient (Wildman–Crippen LogP) is 6.00. The molecule has 1 aromatic heterocycles. The van der Waals surface area contributed by atoms with Crippen molar-refractivity contribution in [1.82, 2.24) is 20.1 Å². The number of rotatable bonds is 7. The number of nitrogens with one attached hydrogen (secondary N) is 1. The first-order chi connectivity index (χ1) is 18.4. The molecule has 6 nitrogen and oxygen atoms in total. The first-order valence-corrected chi connectivity index (χ1v) is 14.2. The van der Waals surface area contributed by atoms with Gasteiger partial charge in [0.2, 0.25) is 0 Å². The molecule has 2 aromatic carbocycles. The molecule has 0 atom stereocenters. The number of benzene rings is 2. The van der Waals surface area contributed by atoms with Gasteiger partial charge in [-0.1, -0.05) is 59.1 Å². The summed E-state index contributed by atoms with van der Waals surface area (Å²) in [5.41, 5.74) is 2.70. The van der Waals surface area contributed by atoms with Gasteiger partial charge < -0.3 is 10.2 Å². The number of piperidine rings is 1. The molecule has 3 aromatic rings. The summed E-state index contributed by atoms with van der Waals surface area (Å²) >= 11 is 18.6. The van der Waals surface area contributed by atoms with Gasteiger partial charge in [0.05, 0.1) is 10.6 Å². The number of amides is 1. The highest BCUT2D eigenvalue weighted by Crippen LogP contribution is 2.27. The van der Waals surface area contributed by atoms with E-state index in [9.17, 15) is 4.79 Å². The SMILES string of the molecule is O=C(NCc1cccc(Cl)c1)c1cnc(N2CCN(C3CCN(Cc4ccc(Cl)cc4)CC3)CC2)c(Cl)c1.[HH]. The molecule has 2 aliphatic rings. The highest BCUT2D eigenvalue weighted by atomic mass is 35.5. The van der Waals surface area contributed by atoms with Crippen LogP contribution in [0, 0.1) is 0 Å². The molecule has 0 unspecified atom stereocenters. The van der Waals surface area contributed by atoms with Gasteiger partial charge in [0.25, 0.3) is 5.91 Å². The lowest BCUT2D eigenvalue weighted by atomic mass is 10.0. The minimum atomic E-state index is -0.210. The van der Waals surface area contributed by atoms with Crippen molar-refractivity contribution >= 4 is 46.5 Å². The predicted molar refractivity (Wildman–Crippen MR) is 158 cm³/mol. The number of carbonyl (C=O) groups is 1. The van der Waals surface area contributed by atoms with E-state index < -0.39 is 0 Å². The van der Waals surface area contributed by atoms with Gasteiger partial charge in [0.1, 0.15) is 5.82 Å². The van der Waals surface area contributed by atoms with Gasteiger partial charge in [-0.15, -0.1) is 0 Å². The monoisotopic (exact) mass is 573 g/mol. The van der Waals surface area contributed by atoms with Gasteiger partial charge in [-0.25, -0.2) is 4.98 Å². The zero-order valence-electron chi connectivity index (χ0n) is 21.3. The summed E-state index contributed by atoms with van der Waals surface area (Å²) in [6.45, 7) is 7.32. The Balaban J connectivity index is 0.00000353. The third-order valence-electron chi connectivity index (χ3n) is 7.43. The highest BCUT2D eigenvalue weighted by Gasteiger charge is 2.28. The van der Waals surface area contributed by atoms with Crippen LogP contribution < -0.4 is 10.2 Å². The molecule has 38 heavy (non-hydrogen) atoms. The molecule has 2 fully saturated rings. The number of hydrogen-bond acceptors (Lipinski definition) is 5. The van der Waals surface area contributed by atoms with Crippen LogP contribution in [0.25, 0.3) is 0 Å². The number of carbonyl (C=O) groups excluding carboxylic acids is 1. The fourth-order valence-electron chi connectivity index (χ4n) is 5.31. The van der Waals surface area contributed by atoms with Crippen LogP contribution in [0.2, 0.25) is 15.1 Å². The summed E-state index contributed by atoms with van der Waals surface area (Å²) in [4.78, 5) is 24.6. The fourth-order valence-corrected chi connectivity index (χ4v) is 5.93. The molecule has 2 saturated heterocycles. The topological polar surface area (TPSA) is 51.7 Å². The molecule has 1 amide bonds. The third-order valence-corrected chi connectivity index (χ3v) is 8.20. The molecule has 0 saturated carbocycles. The average molecular weight is 575 g/mol. The van der Waals surface area contributed by atoms with Gasteiger partial charge in [-0.3, -0.25) is 14.6 Å². The van der Waals surface area contributed by atoms with E-state index in [4.69, 9.17) is 34.8 Å². The van der Waals surface area contributed by atoms with Crippen LogP contribution in [-0.4, -0.2) is 66.0 Å². The zero-order chi connectivity index (χ0) is 26.5. The number of aromatic nitrogens is 1. The van der Waals surface area contributed by atoms with Crippen LogP contribution in [-0.2, 0) is 13.1 Å². The van der Waals surface area contributed by atoms with E-state index in [1.165, 1.54) is 18.4 Å². The Bertz CT molecular complexity index is 1250. The number of anilines is 1. The second kappa shape index (κ2) is 12.7. The van der Waals surface area contributed by atoms with Crippen molar-refractivity contribution in [2.75, 3.05) is 44.2 Å². The molecule has 5 rings (SSSR count). The molecule has 1 N–H and O–H groups in total. The number of hydrogen-bond donors (Lipinski definition) is 1. The van der Waals surface area contributed by atoms with Crippen molar-refractivity contribution in [3.05, 3.63) is 92.6 Å². The maximum absolute atomic E-state index is 12.6. The lowest BCUT2D eigenvalue weighted by Crippen LogP contribution is -2.53. The molecule has 0 radical (unpaired) electrons. The molecule has 0 aliphatic carbocycles. The van der Waals surface area contributed by atoms with Crippen molar-refractivity contribution in [3.63, 3.8) is 0 Å². The molecule has 0 spiro atoms. The van der Waals surface area contributed by atoms with E-state index in [1.54, 1.807) is 12.3 Å². The average Bonchev–Trinajstić information content (AvgIpc) is 2.93. The Hall–Kier alpha value is -2.35. The molecular weight excluding hydrogens is 541 g/mol. The first kappa shape index (κ1) is 27.2. The van der Waals surface area contributed by atoms with Gasteiger partial charge in [-0.05, 0) is 67.4 Å². The van der Waals surface area contributed by atoms with Crippen LogP contribution in [0.5, 0.6) is 0 Å². The number of piperazine rings is 1. The van der Waals surface area contributed by atoms with E-state index in [2.05, 4.69) is 37.1 Å². The standard InChI is InChI=1S/C29H32Cl3N5O.H2/c30-24-6-4-21(5-7-24)20-35-10-8-26(9-11-35)36-12-14-37(15-13-36)28-27(32)17-23(19-33-28)29(38)34-18-22-2-1-3-25(31)16-22;/h1-7,16-17,19,26H,8-15,18,20H2,(H,34,38);1H. The Morgan fingerprint density at radius 1 is 0.895 bits per heavy atom. The van der Waals surface area contributed by atoms with Crippen LogP contribution in [0.3, 0.4) is 0 Å². The summed E-state index contributed by atoms with van der Waals surface area (Å²) in [6.07, 6.45) is 3.98. The normalized spacial score (nSPS) is 17.5. The third kappa shape index (κ3) is 6.99. The van der Waals surface area contributed by atoms with Gasteiger partial charge >= 0.3 is 0 Å². The molecule has 3 heterocycles. The smallest absolute Gasteiger partial charge is 0.253 e. The van der Waals surface area contributed by atoms with E-state index >= 15 is 0 Å². The molecular formula is C29H34Cl3N5O. The van der Waals surface area contributed by atoms with E-state index in [0.29, 0.717) is 28.2 Å². The first-order valence-electron chi connectivity index (χ1n) is 13.1. The second-order valence-electron chi connectivity index (χ2n) is 10.00. The second-order valence-corrected chi connectivity index (χ2v) is 11.3. The lowest BCUT2D eigenvalue weighted by Gasteiger charge is -2.43. The van der Waals surface area contributed by atoms with Crippen LogP contribution >= 0.6 is 34.8 Å². The van der Waals surface area contributed by atoms with Crippen LogP contribution in [0.1, 0.15) is 35.8 Å². The summed E-state index contributed by atoms with van der Waals surface area (Å²) in [6, 6.07) is 17.9. The van der Waals surface area contributed by atoms with E-state index in [0.717, 1.165) is 62.2 Å². The quantitative estimate of drug-likeness (QED) is 0.375. The Kier molecular flexibility index (Phi) is 9.08. The van der Waals surface area contributed by atoms with Crippen molar-refractivity contribution in [2.24, 2.45) is 0 Å². The number of pyridine rings is 1. The summed E-state index contributed by atoms with van der Waals surface area (Å²) in [5.74, 6) is 0.536. The summed E-state index contributed by atoms with van der Waals surface area (Å²) in [5, 5.41) is 4.84. The minimum Gasteiger partial charge on any atom is -0.353 e.